The lowest BCUT2D eigenvalue weighted by atomic mass is 10.1. The van der Waals surface area contributed by atoms with E-state index in [0.717, 1.165) is 28.4 Å². The zero-order valence-electron chi connectivity index (χ0n) is 13.1. The molecule has 0 atom stereocenters. The average molecular weight is 310 g/mol. The molecule has 0 saturated carbocycles. The highest BCUT2D eigenvalue weighted by molar-refractivity contribution is 5.71. The first-order valence-corrected chi connectivity index (χ1v) is 7.21. The van der Waals surface area contributed by atoms with Gasteiger partial charge in [0.25, 0.3) is 0 Å². The van der Waals surface area contributed by atoms with E-state index in [1.54, 1.807) is 18.9 Å². The topological polar surface area (TPSA) is 75.2 Å². The molecule has 0 aliphatic rings. The van der Waals surface area contributed by atoms with E-state index in [1.165, 1.54) is 0 Å². The molecule has 0 spiro atoms. The number of para-hydroxylation sites is 1. The van der Waals surface area contributed by atoms with Gasteiger partial charge in [-0.1, -0.05) is 17.3 Å². The number of ether oxygens (including phenoxy) is 2. The summed E-state index contributed by atoms with van der Waals surface area (Å²) in [7, 11) is 3.28. The van der Waals surface area contributed by atoms with Crippen LogP contribution in [0.3, 0.4) is 0 Å². The molecule has 3 rings (SSSR count). The second kappa shape index (κ2) is 6.50. The molecule has 0 aliphatic heterocycles. The van der Waals surface area contributed by atoms with Gasteiger partial charge in [0.1, 0.15) is 22.9 Å². The summed E-state index contributed by atoms with van der Waals surface area (Å²) >= 11 is 0. The van der Waals surface area contributed by atoms with Gasteiger partial charge in [0, 0.05) is 12.1 Å². The highest BCUT2D eigenvalue weighted by Crippen LogP contribution is 2.32. The Hall–Kier alpha value is -2.86. The Bertz CT molecular complexity index is 797. The summed E-state index contributed by atoms with van der Waals surface area (Å²) in [5.74, 6) is 1.53. The van der Waals surface area contributed by atoms with Crippen LogP contribution in [0.2, 0.25) is 0 Å². The summed E-state index contributed by atoms with van der Waals surface area (Å²) in [6.07, 6.45) is 0. The second-order valence-electron chi connectivity index (χ2n) is 4.90. The zero-order valence-corrected chi connectivity index (χ0v) is 13.1. The molecule has 0 bridgehead atoms. The monoisotopic (exact) mass is 310 g/mol. The highest BCUT2D eigenvalue weighted by atomic mass is 16.5. The van der Waals surface area contributed by atoms with Gasteiger partial charge < -0.3 is 15.2 Å². The zero-order chi connectivity index (χ0) is 16.2. The van der Waals surface area contributed by atoms with Crippen molar-refractivity contribution in [1.82, 2.24) is 15.0 Å². The lowest BCUT2D eigenvalue weighted by Gasteiger charge is -2.12. The van der Waals surface area contributed by atoms with Gasteiger partial charge in [-0.15, -0.1) is 5.10 Å². The van der Waals surface area contributed by atoms with Crippen LogP contribution in [0, 0.1) is 0 Å². The Kier molecular flexibility index (Phi) is 4.25. The van der Waals surface area contributed by atoms with E-state index >= 15 is 0 Å². The molecular weight excluding hydrogens is 292 g/mol. The molecule has 0 saturated heterocycles. The number of nitrogens with zero attached hydrogens (tertiary/aromatic N) is 3. The Morgan fingerprint density at radius 2 is 1.74 bits per heavy atom. The van der Waals surface area contributed by atoms with Gasteiger partial charge in [-0.3, -0.25) is 0 Å². The largest absolute Gasteiger partial charge is 0.497 e. The van der Waals surface area contributed by atoms with E-state index in [-0.39, 0.29) is 0 Å². The number of methoxy groups -OCH3 is 2. The second-order valence-corrected chi connectivity index (χ2v) is 4.90. The van der Waals surface area contributed by atoms with Crippen molar-refractivity contribution in [1.29, 1.82) is 0 Å². The fourth-order valence-corrected chi connectivity index (χ4v) is 2.46. The third-order valence-corrected chi connectivity index (χ3v) is 3.61. The molecular formula is C17H18N4O2. The number of aromatic nitrogens is 3. The van der Waals surface area contributed by atoms with E-state index in [0.29, 0.717) is 12.2 Å². The third kappa shape index (κ3) is 2.76. The van der Waals surface area contributed by atoms with Gasteiger partial charge in [0.05, 0.1) is 19.9 Å². The van der Waals surface area contributed by atoms with Gasteiger partial charge in [-0.05, 0) is 36.4 Å². The maximum absolute atomic E-state index is 5.84. The number of rotatable bonds is 5. The molecule has 6 nitrogen and oxygen atoms in total. The number of hydrogen-bond donors (Lipinski definition) is 1. The van der Waals surface area contributed by atoms with Crippen LogP contribution in [-0.4, -0.2) is 29.2 Å². The predicted octanol–water partition coefficient (Wildman–Crippen LogP) is 2.41. The standard InChI is InChI=1S/C17H18N4O2/c1-22-13-9-7-12(8-10-13)21-17(15(11-18)19-20-21)14-5-3-4-6-16(14)23-2/h3-10H,11,18H2,1-2H3. The molecule has 23 heavy (non-hydrogen) atoms. The molecule has 0 unspecified atom stereocenters. The fraction of sp³-hybridized carbons (Fsp3) is 0.176. The van der Waals surface area contributed by atoms with Gasteiger partial charge in [-0.2, -0.15) is 0 Å². The third-order valence-electron chi connectivity index (χ3n) is 3.61. The molecule has 0 aliphatic carbocycles. The normalized spacial score (nSPS) is 10.6. The lowest BCUT2D eigenvalue weighted by Crippen LogP contribution is -2.03. The first kappa shape index (κ1) is 15.1. The van der Waals surface area contributed by atoms with E-state index in [2.05, 4.69) is 10.3 Å². The summed E-state index contributed by atoms with van der Waals surface area (Å²) in [6.45, 7) is 0.295. The minimum absolute atomic E-state index is 0.295. The number of nitrogens with two attached hydrogens (primary N) is 1. The van der Waals surface area contributed by atoms with Crippen molar-refractivity contribution >= 4 is 0 Å². The van der Waals surface area contributed by atoms with Crippen molar-refractivity contribution in [3.63, 3.8) is 0 Å². The minimum atomic E-state index is 0.295. The maximum atomic E-state index is 5.84. The van der Waals surface area contributed by atoms with Crippen molar-refractivity contribution in [3.05, 3.63) is 54.2 Å². The fourth-order valence-electron chi connectivity index (χ4n) is 2.46. The molecule has 0 fully saturated rings. The molecule has 6 heteroatoms. The van der Waals surface area contributed by atoms with Crippen LogP contribution < -0.4 is 15.2 Å². The summed E-state index contributed by atoms with van der Waals surface area (Å²) in [5, 5.41) is 8.46. The molecule has 1 aromatic heterocycles. The van der Waals surface area contributed by atoms with E-state index in [1.807, 2.05) is 48.5 Å². The maximum Gasteiger partial charge on any atom is 0.128 e. The van der Waals surface area contributed by atoms with Crippen LogP contribution in [0.5, 0.6) is 11.5 Å². The summed E-state index contributed by atoms with van der Waals surface area (Å²) < 4.78 is 12.4. The Balaban J connectivity index is 2.17. The highest BCUT2D eigenvalue weighted by Gasteiger charge is 2.18. The van der Waals surface area contributed by atoms with Crippen LogP contribution in [0.25, 0.3) is 16.9 Å². The van der Waals surface area contributed by atoms with Gasteiger partial charge in [-0.25, -0.2) is 4.68 Å². The van der Waals surface area contributed by atoms with E-state index < -0.39 is 0 Å². The molecule has 0 amide bonds. The Morgan fingerprint density at radius 3 is 2.39 bits per heavy atom. The summed E-state index contributed by atoms with van der Waals surface area (Å²) in [5.41, 5.74) is 9.16. The number of hydrogen-bond acceptors (Lipinski definition) is 5. The SMILES string of the molecule is COc1ccc(-n2nnc(CN)c2-c2ccccc2OC)cc1. The average Bonchev–Trinajstić information content (AvgIpc) is 3.05. The summed E-state index contributed by atoms with van der Waals surface area (Å²) in [4.78, 5) is 0. The Labute approximate surface area is 134 Å². The van der Waals surface area contributed by atoms with Crippen molar-refractivity contribution in [2.75, 3.05) is 14.2 Å². The van der Waals surface area contributed by atoms with Crippen LogP contribution in [-0.2, 0) is 6.54 Å². The van der Waals surface area contributed by atoms with Crippen molar-refractivity contribution in [2.24, 2.45) is 5.73 Å². The van der Waals surface area contributed by atoms with Crippen LogP contribution >= 0.6 is 0 Å². The lowest BCUT2D eigenvalue weighted by molar-refractivity contribution is 0.414. The molecule has 2 aromatic carbocycles. The van der Waals surface area contributed by atoms with Crippen LogP contribution in [0.4, 0.5) is 0 Å². The molecule has 2 N–H and O–H groups in total. The first-order valence-electron chi connectivity index (χ1n) is 7.21. The van der Waals surface area contributed by atoms with Crippen LogP contribution in [0.1, 0.15) is 5.69 Å². The first-order chi connectivity index (χ1) is 11.3. The smallest absolute Gasteiger partial charge is 0.128 e. The minimum Gasteiger partial charge on any atom is -0.497 e. The Morgan fingerprint density at radius 1 is 1.00 bits per heavy atom. The van der Waals surface area contributed by atoms with E-state index in [4.69, 9.17) is 15.2 Å². The molecule has 0 radical (unpaired) electrons. The van der Waals surface area contributed by atoms with Crippen molar-refractivity contribution in [3.8, 4) is 28.4 Å². The predicted molar refractivity (Wildman–Crippen MR) is 87.8 cm³/mol. The molecule has 3 aromatic rings. The van der Waals surface area contributed by atoms with E-state index in [9.17, 15) is 0 Å². The summed E-state index contributed by atoms with van der Waals surface area (Å²) in [6, 6.07) is 15.4. The van der Waals surface area contributed by atoms with Gasteiger partial charge in [0.15, 0.2) is 0 Å². The van der Waals surface area contributed by atoms with Crippen molar-refractivity contribution < 1.29 is 9.47 Å². The number of benzene rings is 2. The van der Waals surface area contributed by atoms with Gasteiger partial charge >= 0.3 is 0 Å². The van der Waals surface area contributed by atoms with Gasteiger partial charge in [0.2, 0.25) is 0 Å². The molecule has 1 heterocycles. The molecule has 118 valence electrons. The van der Waals surface area contributed by atoms with Crippen molar-refractivity contribution in [2.45, 2.75) is 6.54 Å². The van der Waals surface area contributed by atoms with Crippen LogP contribution in [0.15, 0.2) is 48.5 Å². The quantitative estimate of drug-likeness (QED) is 0.783.